The quantitative estimate of drug-likeness (QED) is 0.500. The van der Waals surface area contributed by atoms with Crippen LogP contribution in [0.5, 0.6) is 0 Å². The van der Waals surface area contributed by atoms with Crippen LogP contribution in [0.3, 0.4) is 0 Å². The lowest BCUT2D eigenvalue weighted by Gasteiger charge is -1.99. The van der Waals surface area contributed by atoms with E-state index < -0.39 is 6.09 Å². The molecule has 4 heteroatoms. The molecule has 0 atom stereocenters. The first-order valence-electron chi connectivity index (χ1n) is 3.75. The van der Waals surface area contributed by atoms with Crippen LogP contribution in [0.25, 0.3) is 0 Å². The van der Waals surface area contributed by atoms with Crippen molar-refractivity contribution in [2.75, 3.05) is 12.5 Å². The number of alkyl halides is 1. The summed E-state index contributed by atoms with van der Waals surface area (Å²) in [5, 5.41) is 0. The highest BCUT2D eigenvalue weighted by Crippen LogP contribution is 2.00. The Hall–Kier alpha value is -0.440. The van der Waals surface area contributed by atoms with Crippen molar-refractivity contribution in [3.8, 4) is 0 Å². The number of nitrogens with two attached hydrogens (primary N) is 1. The van der Waals surface area contributed by atoms with Gasteiger partial charge in [-0.1, -0.05) is 12.8 Å². The van der Waals surface area contributed by atoms with E-state index in [9.17, 15) is 4.79 Å². The fraction of sp³-hybridized carbons (Fsp3) is 0.857. The molecule has 0 aromatic heterocycles. The highest BCUT2D eigenvalue weighted by atomic mass is 35.5. The minimum atomic E-state index is -0.692. The predicted octanol–water partition coefficient (Wildman–Crippen LogP) is 1.88. The minimum Gasteiger partial charge on any atom is -0.450 e. The number of primary amides is 1. The molecule has 0 rings (SSSR count). The zero-order chi connectivity index (χ0) is 8.53. The van der Waals surface area contributed by atoms with Crippen LogP contribution in [-0.4, -0.2) is 18.6 Å². The minimum absolute atomic E-state index is 0.428. The molecule has 0 aliphatic carbocycles. The molecule has 0 saturated heterocycles. The summed E-state index contributed by atoms with van der Waals surface area (Å²) in [6.07, 6.45) is 3.34. The number of ether oxygens (including phenoxy) is 1. The van der Waals surface area contributed by atoms with Gasteiger partial charge in [0.05, 0.1) is 6.61 Å². The van der Waals surface area contributed by atoms with Gasteiger partial charge in [-0.05, 0) is 12.8 Å². The number of unbranched alkanes of at least 4 members (excludes halogenated alkanes) is 3. The highest BCUT2D eigenvalue weighted by Gasteiger charge is 1.92. The van der Waals surface area contributed by atoms with Gasteiger partial charge in [0, 0.05) is 5.88 Å². The third kappa shape index (κ3) is 9.56. The van der Waals surface area contributed by atoms with E-state index in [1.54, 1.807) is 0 Å². The molecule has 2 N–H and O–H groups in total. The first kappa shape index (κ1) is 10.6. The largest absolute Gasteiger partial charge is 0.450 e. The molecule has 0 fully saturated rings. The van der Waals surface area contributed by atoms with Crippen molar-refractivity contribution in [2.24, 2.45) is 5.73 Å². The van der Waals surface area contributed by atoms with Gasteiger partial charge >= 0.3 is 6.09 Å². The zero-order valence-electron chi connectivity index (χ0n) is 6.51. The summed E-state index contributed by atoms with van der Waals surface area (Å²) in [5.41, 5.74) is 4.75. The Labute approximate surface area is 71.8 Å². The summed E-state index contributed by atoms with van der Waals surface area (Å²) in [7, 11) is 0. The number of halogens is 1. The maximum atomic E-state index is 10.1. The van der Waals surface area contributed by atoms with E-state index in [0.717, 1.165) is 25.7 Å². The van der Waals surface area contributed by atoms with Gasteiger partial charge in [0.1, 0.15) is 0 Å². The lowest BCUT2D eigenvalue weighted by atomic mass is 10.2. The van der Waals surface area contributed by atoms with Crippen LogP contribution in [0.1, 0.15) is 25.7 Å². The molecule has 0 aromatic rings. The van der Waals surface area contributed by atoms with E-state index in [-0.39, 0.29) is 0 Å². The molecule has 0 aliphatic heterocycles. The third-order valence-electron chi connectivity index (χ3n) is 1.27. The van der Waals surface area contributed by atoms with Crippen molar-refractivity contribution in [3.63, 3.8) is 0 Å². The normalized spacial score (nSPS) is 9.55. The second-order valence-electron chi connectivity index (χ2n) is 2.27. The van der Waals surface area contributed by atoms with Gasteiger partial charge in [0.15, 0.2) is 0 Å². The second kappa shape index (κ2) is 7.66. The Kier molecular flexibility index (Phi) is 7.36. The van der Waals surface area contributed by atoms with E-state index >= 15 is 0 Å². The Morgan fingerprint density at radius 2 is 1.91 bits per heavy atom. The molecule has 3 nitrogen and oxygen atoms in total. The highest BCUT2D eigenvalue weighted by molar-refractivity contribution is 6.17. The van der Waals surface area contributed by atoms with Crippen LogP contribution < -0.4 is 5.73 Å². The first-order valence-corrected chi connectivity index (χ1v) is 4.29. The van der Waals surface area contributed by atoms with Crippen molar-refractivity contribution in [1.29, 1.82) is 0 Å². The van der Waals surface area contributed by atoms with Crippen LogP contribution in [0.2, 0.25) is 0 Å². The number of amides is 1. The van der Waals surface area contributed by atoms with Crippen molar-refractivity contribution in [1.82, 2.24) is 0 Å². The average Bonchev–Trinajstić information content (AvgIpc) is 1.96. The van der Waals surface area contributed by atoms with E-state index in [0.29, 0.717) is 12.5 Å². The number of hydrogen-bond acceptors (Lipinski definition) is 2. The van der Waals surface area contributed by atoms with Crippen LogP contribution >= 0.6 is 11.6 Å². The molecule has 11 heavy (non-hydrogen) atoms. The van der Waals surface area contributed by atoms with E-state index in [1.807, 2.05) is 0 Å². The summed E-state index contributed by atoms with van der Waals surface area (Å²) in [6, 6.07) is 0. The smallest absolute Gasteiger partial charge is 0.404 e. The van der Waals surface area contributed by atoms with Crippen LogP contribution in [0.15, 0.2) is 0 Å². The van der Waals surface area contributed by atoms with Gasteiger partial charge in [-0.2, -0.15) is 0 Å². The van der Waals surface area contributed by atoms with Gasteiger partial charge < -0.3 is 10.5 Å². The van der Waals surface area contributed by atoms with Gasteiger partial charge in [-0.25, -0.2) is 4.79 Å². The Morgan fingerprint density at radius 3 is 2.45 bits per heavy atom. The molecule has 0 aliphatic rings. The first-order chi connectivity index (χ1) is 5.27. The summed E-state index contributed by atoms with van der Waals surface area (Å²) >= 11 is 5.46. The average molecular weight is 180 g/mol. The van der Waals surface area contributed by atoms with Gasteiger partial charge in [0.2, 0.25) is 0 Å². The van der Waals surface area contributed by atoms with Crippen molar-refractivity contribution >= 4 is 17.7 Å². The molecular weight excluding hydrogens is 166 g/mol. The standard InChI is InChI=1S/C7H14ClNO2/c8-5-3-1-2-4-6-11-7(9)10/h1-6H2,(H2,9,10). The molecule has 0 bridgehead atoms. The summed E-state index contributed by atoms with van der Waals surface area (Å²) in [6.45, 7) is 0.428. The Bertz CT molecular complexity index is 109. The van der Waals surface area contributed by atoms with E-state index in [1.165, 1.54) is 0 Å². The Balaban J connectivity index is 2.85. The summed E-state index contributed by atoms with van der Waals surface area (Å²) in [4.78, 5) is 10.1. The molecule has 66 valence electrons. The lowest BCUT2D eigenvalue weighted by molar-refractivity contribution is 0.154. The van der Waals surface area contributed by atoms with Crippen LogP contribution in [-0.2, 0) is 4.74 Å². The molecule has 0 unspecified atom stereocenters. The molecule has 0 aromatic carbocycles. The fourth-order valence-corrected chi connectivity index (χ4v) is 0.912. The van der Waals surface area contributed by atoms with Gasteiger partial charge in [0.25, 0.3) is 0 Å². The van der Waals surface area contributed by atoms with E-state index in [4.69, 9.17) is 17.3 Å². The molecular formula is C7H14ClNO2. The molecule has 1 amide bonds. The molecule has 0 spiro atoms. The molecule has 0 radical (unpaired) electrons. The molecule has 0 heterocycles. The van der Waals surface area contributed by atoms with Crippen LogP contribution in [0.4, 0.5) is 4.79 Å². The maximum absolute atomic E-state index is 10.1. The third-order valence-corrected chi connectivity index (χ3v) is 1.54. The topological polar surface area (TPSA) is 52.3 Å². The van der Waals surface area contributed by atoms with Crippen molar-refractivity contribution < 1.29 is 9.53 Å². The number of carbonyl (C=O) groups excluding carboxylic acids is 1. The SMILES string of the molecule is NC(=O)OCCCCCCCl. The van der Waals surface area contributed by atoms with Gasteiger partial charge in [-0.15, -0.1) is 11.6 Å². The molecule has 0 saturated carbocycles. The summed E-state index contributed by atoms with van der Waals surface area (Å²) < 4.78 is 4.53. The van der Waals surface area contributed by atoms with Gasteiger partial charge in [-0.3, -0.25) is 0 Å². The lowest BCUT2D eigenvalue weighted by Crippen LogP contribution is -2.13. The van der Waals surface area contributed by atoms with Crippen LogP contribution in [0, 0.1) is 0 Å². The zero-order valence-corrected chi connectivity index (χ0v) is 7.27. The number of hydrogen-bond donors (Lipinski definition) is 1. The Morgan fingerprint density at radius 1 is 1.27 bits per heavy atom. The maximum Gasteiger partial charge on any atom is 0.404 e. The second-order valence-corrected chi connectivity index (χ2v) is 2.65. The predicted molar refractivity (Wildman–Crippen MR) is 44.7 cm³/mol. The van der Waals surface area contributed by atoms with E-state index in [2.05, 4.69) is 4.74 Å². The summed E-state index contributed by atoms with van der Waals surface area (Å²) in [5.74, 6) is 0.705. The van der Waals surface area contributed by atoms with Crippen molar-refractivity contribution in [2.45, 2.75) is 25.7 Å². The monoisotopic (exact) mass is 179 g/mol. The number of rotatable bonds is 6. The fourth-order valence-electron chi connectivity index (χ4n) is 0.723. The van der Waals surface area contributed by atoms with Crippen molar-refractivity contribution in [3.05, 3.63) is 0 Å². The number of carbonyl (C=O) groups is 1.